The average Bonchev–Trinajstić information content (AvgIpc) is 2.58. The molecule has 1 fully saturated rings. The van der Waals surface area contributed by atoms with Crippen LogP contribution in [0, 0.1) is 22.7 Å². The molecule has 0 aromatic rings. The van der Waals surface area contributed by atoms with E-state index in [0.717, 1.165) is 0 Å². The van der Waals surface area contributed by atoms with E-state index in [1.54, 1.807) is 14.0 Å². The summed E-state index contributed by atoms with van der Waals surface area (Å²) < 4.78 is 28.7. The van der Waals surface area contributed by atoms with Crippen molar-refractivity contribution in [3.05, 3.63) is 0 Å². The standard InChI is InChI=1S/C11H19NO3S/c1-4-16(13,14)10-5-9(2)11(6-10,7-12)8-15-3/h9-10H,4-6,8H2,1-3H3/t9-,10+,11+/m1/s1. The molecule has 0 aromatic carbocycles. The molecule has 0 bridgehead atoms. The summed E-state index contributed by atoms with van der Waals surface area (Å²) in [6.45, 7) is 3.91. The van der Waals surface area contributed by atoms with Gasteiger partial charge in [-0.05, 0) is 18.8 Å². The summed E-state index contributed by atoms with van der Waals surface area (Å²) in [4.78, 5) is 0. The van der Waals surface area contributed by atoms with Gasteiger partial charge >= 0.3 is 0 Å². The Morgan fingerprint density at radius 2 is 2.19 bits per heavy atom. The second kappa shape index (κ2) is 4.72. The van der Waals surface area contributed by atoms with Crippen molar-refractivity contribution >= 4 is 9.84 Å². The van der Waals surface area contributed by atoms with Gasteiger partial charge in [0.1, 0.15) is 0 Å². The molecule has 5 heteroatoms. The van der Waals surface area contributed by atoms with Crippen LogP contribution in [0.2, 0.25) is 0 Å². The molecule has 92 valence electrons. The topological polar surface area (TPSA) is 67.2 Å². The van der Waals surface area contributed by atoms with E-state index in [2.05, 4.69) is 6.07 Å². The smallest absolute Gasteiger partial charge is 0.152 e. The Morgan fingerprint density at radius 1 is 1.56 bits per heavy atom. The van der Waals surface area contributed by atoms with Crippen LogP contribution in [0.15, 0.2) is 0 Å². The number of hydrogen-bond acceptors (Lipinski definition) is 4. The van der Waals surface area contributed by atoms with Crippen LogP contribution in [-0.2, 0) is 14.6 Å². The predicted octanol–water partition coefficient (Wildman–Crippen LogP) is 1.38. The summed E-state index contributed by atoms with van der Waals surface area (Å²) in [6, 6.07) is 2.26. The van der Waals surface area contributed by atoms with Gasteiger partial charge in [0.25, 0.3) is 0 Å². The van der Waals surface area contributed by atoms with E-state index < -0.39 is 15.3 Å². The summed E-state index contributed by atoms with van der Waals surface area (Å²) >= 11 is 0. The van der Waals surface area contributed by atoms with Crippen molar-refractivity contribution in [2.75, 3.05) is 19.5 Å². The first-order valence-corrected chi connectivity index (χ1v) is 7.25. The molecule has 0 heterocycles. The Kier molecular flexibility index (Phi) is 3.97. The second-order valence-corrected chi connectivity index (χ2v) is 7.19. The molecule has 0 radical (unpaired) electrons. The molecule has 0 aromatic heterocycles. The minimum absolute atomic E-state index is 0.0729. The highest BCUT2D eigenvalue weighted by Crippen LogP contribution is 2.45. The SMILES string of the molecule is CCS(=O)(=O)[C@H]1C[C@@H](C)[C@@](C#N)(COC)C1. The number of ether oxygens (including phenoxy) is 1. The molecule has 0 aliphatic heterocycles. The van der Waals surface area contributed by atoms with Gasteiger partial charge in [-0.3, -0.25) is 0 Å². The van der Waals surface area contributed by atoms with Crippen LogP contribution < -0.4 is 0 Å². The molecule has 1 aliphatic carbocycles. The van der Waals surface area contributed by atoms with Gasteiger partial charge in [-0.2, -0.15) is 5.26 Å². The Morgan fingerprint density at radius 3 is 2.62 bits per heavy atom. The van der Waals surface area contributed by atoms with Crippen molar-refractivity contribution < 1.29 is 13.2 Å². The molecule has 0 saturated heterocycles. The van der Waals surface area contributed by atoms with Crippen LogP contribution in [-0.4, -0.2) is 33.1 Å². The van der Waals surface area contributed by atoms with Gasteiger partial charge in [0.15, 0.2) is 9.84 Å². The Hall–Kier alpha value is -0.600. The Balaban J connectivity index is 2.93. The summed E-state index contributed by atoms with van der Waals surface area (Å²) in [5.74, 6) is 0.225. The maximum Gasteiger partial charge on any atom is 0.152 e. The average molecular weight is 245 g/mol. The zero-order valence-corrected chi connectivity index (χ0v) is 10.9. The molecular formula is C11H19NO3S. The van der Waals surface area contributed by atoms with Crippen LogP contribution in [0.25, 0.3) is 0 Å². The zero-order chi connectivity index (χ0) is 12.4. The van der Waals surface area contributed by atoms with Gasteiger partial charge in [-0.15, -0.1) is 0 Å². The molecule has 4 nitrogen and oxygen atoms in total. The summed E-state index contributed by atoms with van der Waals surface area (Å²) in [7, 11) is -1.49. The van der Waals surface area contributed by atoms with E-state index in [1.165, 1.54) is 0 Å². The molecule has 1 rings (SSSR count). The lowest BCUT2D eigenvalue weighted by molar-refractivity contribution is 0.0951. The van der Waals surface area contributed by atoms with Gasteiger partial charge in [0.05, 0.1) is 23.3 Å². The molecule has 1 saturated carbocycles. The highest BCUT2D eigenvalue weighted by atomic mass is 32.2. The van der Waals surface area contributed by atoms with Crippen LogP contribution >= 0.6 is 0 Å². The van der Waals surface area contributed by atoms with Crippen molar-refractivity contribution in [3.63, 3.8) is 0 Å². The third-order valence-corrected chi connectivity index (χ3v) is 5.87. The minimum atomic E-state index is -3.04. The normalized spacial score (nSPS) is 34.9. The lowest BCUT2D eigenvalue weighted by Gasteiger charge is -2.24. The lowest BCUT2D eigenvalue weighted by atomic mass is 9.81. The second-order valence-electron chi connectivity index (χ2n) is 4.62. The summed E-state index contributed by atoms with van der Waals surface area (Å²) in [6.07, 6.45) is 0.988. The van der Waals surface area contributed by atoms with E-state index in [1.807, 2.05) is 6.92 Å². The molecule has 0 spiro atoms. The molecule has 16 heavy (non-hydrogen) atoms. The maximum atomic E-state index is 11.8. The number of hydrogen-bond donors (Lipinski definition) is 0. The minimum Gasteiger partial charge on any atom is -0.383 e. The van der Waals surface area contributed by atoms with Gasteiger partial charge in [0.2, 0.25) is 0 Å². The first-order chi connectivity index (χ1) is 7.41. The third-order valence-electron chi connectivity index (χ3n) is 3.69. The van der Waals surface area contributed by atoms with E-state index in [-0.39, 0.29) is 16.9 Å². The van der Waals surface area contributed by atoms with Gasteiger partial charge in [-0.1, -0.05) is 13.8 Å². The van der Waals surface area contributed by atoms with Gasteiger partial charge in [-0.25, -0.2) is 8.42 Å². The number of rotatable bonds is 4. The van der Waals surface area contributed by atoms with Crippen LogP contribution in [0.5, 0.6) is 0 Å². The fraction of sp³-hybridized carbons (Fsp3) is 0.909. The number of nitrogens with zero attached hydrogens (tertiary/aromatic N) is 1. The quantitative estimate of drug-likeness (QED) is 0.750. The van der Waals surface area contributed by atoms with Crippen LogP contribution in [0.4, 0.5) is 0 Å². The van der Waals surface area contributed by atoms with Crippen molar-refractivity contribution in [2.24, 2.45) is 11.3 Å². The molecule has 0 N–H and O–H groups in total. The van der Waals surface area contributed by atoms with Crippen molar-refractivity contribution in [1.29, 1.82) is 5.26 Å². The maximum absolute atomic E-state index is 11.8. The highest BCUT2D eigenvalue weighted by Gasteiger charge is 2.49. The monoisotopic (exact) mass is 245 g/mol. The Labute approximate surface area is 97.5 Å². The van der Waals surface area contributed by atoms with E-state index in [4.69, 9.17) is 4.74 Å². The van der Waals surface area contributed by atoms with Gasteiger partial charge < -0.3 is 4.74 Å². The number of methoxy groups -OCH3 is 1. The van der Waals surface area contributed by atoms with Crippen molar-refractivity contribution in [1.82, 2.24) is 0 Å². The van der Waals surface area contributed by atoms with E-state index in [0.29, 0.717) is 19.4 Å². The van der Waals surface area contributed by atoms with E-state index in [9.17, 15) is 13.7 Å². The van der Waals surface area contributed by atoms with Gasteiger partial charge in [0, 0.05) is 12.9 Å². The van der Waals surface area contributed by atoms with E-state index >= 15 is 0 Å². The fourth-order valence-corrected chi connectivity index (χ4v) is 4.07. The van der Waals surface area contributed by atoms with Crippen molar-refractivity contribution in [3.8, 4) is 6.07 Å². The highest BCUT2D eigenvalue weighted by molar-refractivity contribution is 7.92. The lowest BCUT2D eigenvalue weighted by Crippen LogP contribution is -2.28. The fourth-order valence-electron chi connectivity index (χ4n) is 2.47. The summed E-state index contributed by atoms with van der Waals surface area (Å²) in [5, 5.41) is 8.88. The van der Waals surface area contributed by atoms with Crippen molar-refractivity contribution in [2.45, 2.75) is 31.9 Å². The predicted molar refractivity (Wildman–Crippen MR) is 61.6 cm³/mol. The first-order valence-electron chi connectivity index (χ1n) is 5.53. The van der Waals surface area contributed by atoms with Crippen LogP contribution in [0.3, 0.4) is 0 Å². The Bertz CT molecular complexity index is 385. The largest absolute Gasteiger partial charge is 0.383 e. The molecule has 0 amide bonds. The molecule has 1 aliphatic rings. The molecule has 3 atom stereocenters. The summed E-state index contributed by atoms with van der Waals surface area (Å²) in [5.41, 5.74) is -0.623. The third kappa shape index (κ3) is 2.23. The number of nitriles is 1. The van der Waals surface area contributed by atoms with Crippen LogP contribution in [0.1, 0.15) is 26.7 Å². The zero-order valence-electron chi connectivity index (χ0n) is 10.1. The number of sulfone groups is 1. The molecular weight excluding hydrogens is 226 g/mol. The molecule has 0 unspecified atom stereocenters. The first kappa shape index (κ1) is 13.5.